The molecule has 2 aliphatic rings. The van der Waals surface area contributed by atoms with Gasteiger partial charge in [0.1, 0.15) is 5.82 Å². The van der Waals surface area contributed by atoms with Gasteiger partial charge in [-0.2, -0.15) is 8.78 Å². The fourth-order valence-electron chi connectivity index (χ4n) is 3.86. The Kier molecular flexibility index (Phi) is 5.37. The fraction of sp³-hybridized carbons (Fsp3) is 0.450. The molecule has 7 nitrogen and oxygen atoms in total. The molecule has 2 aromatic rings. The largest absolute Gasteiger partial charge is 0.467 e. The molecule has 0 aliphatic carbocycles. The van der Waals surface area contributed by atoms with Gasteiger partial charge in [0.2, 0.25) is 0 Å². The van der Waals surface area contributed by atoms with Crippen molar-refractivity contribution in [3.63, 3.8) is 0 Å². The Morgan fingerprint density at radius 2 is 1.77 bits per heavy atom. The number of piperidine rings is 1. The fourth-order valence-corrected chi connectivity index (χ4v) is 3.86. The number of carbonyl (C=O) groups excluding carboxylic acids is 1. The Morgan fingerprint density at radius 3 is 2.37 bits per heavy atom. The summed E-state index contributed by atoms with van der Waals surface area (Å²) in [6.07, 6.45) is 0.0423. The molecule has 1 aromatic carbocycles. The molecule has 0 saturated carbocycles. The van der Waals surface area contributed by atoms with Crippen LogP contribution in [0.15, 0.2) is 36.7 Å². The van der Waals surface area contributed by atoms with Gasteiger partial charge in [-0.1, -0.05) is 0 Å². The maximum absolute atomic E-state index is 14.4. The van der Waals surface area contributed by atoms with E-state index in [1.54, 1.807) is 12.4 Å². The van der Waals surface area contributed by atoms with E-state index >= 15 is 0 Å². The lowest BCUT2D eigenvalue weighted by Gasteiger charge is -2.48. The van der Waals surface area contributed by atoms with Gasteiger partial charge < -0.3 is 14.4 Å². The summed E-state index contributed by atoms with van der Waals surface area (Å²) < 4.78 is 52.1. The van der Waals surface area contributed by atoms with Crippen LogP contribution in [0.5, 0.6) is 6.01 Å². The van der Waals surface area contributed by atoms with E-state index in [4.69, 9.17) is 9.47 Å². The molecule has 4 rings (SSSR count). The molecule has 0 atom stereocenters. The molecule has 0 radical (unpaired) electrons. The number of amides is 1. The number of hydrogen-bond acceptors (Lipinski definition) is 6. The molecule has 3 heterocycles. The molecule has 0 bridgehead atoms. The standard InChI is InChI=1S/C20H21F3N4O3/c1-29-18-24-10-14(11-25-18)12-26-8-6-19(7-9-26)13-27(17(28)20(22,23)30-19)16-4-2-15(21)3-5-16/h2-5,10-11H,6-9,12-13H2,1H3. The minimum atomic E-state index is -3.93. The van der Waals surface area contributed by atoms with Gasteiger partial charge in [-0.15, -0.1) is 0 Å². The van der Waals surface area contributed by atoms with E-state index in [0.29, 0.717) is 32.5 Å². The van der Waals surface area contributed by atoms with Gasteiger partial charge in [0.05, 0.1) is 19.3 Å². The van der Waals surface area contributed by atoms with Crippen LogP contribution in [0.25, 0.3) is 0 Å². The molecule has 2 aliphatic heterocycles. The quantitative estimate of drug-likeness (QED) is 0.755. The number of halogens is 3. The summed E-state index contributed by atoms with van der Waals surface area (Å²) in [6.45, 7) is 1.57. The van der Waals surface area contributed by atoms with Gasteiger partial charge in [-0.05, 0) is 37.1 Å². The van der Waals surface area contributed by atoms with E-state index < -0.39 is 23.4 Å². The van der Waals surface area contributed by atoms with Gasteiger partial charge >= 0.3 is 18.0 Å². The summed E-state index contributed by atoms with van der Waals surface area (Å²) in [5.41, 5.74) is -0.0649. The van der Waals surface area contributed by atoms with Crippen LogP contribution in [0.1, 0.15) is 18.4 Å². The highest BCUT2D eigenvalue weighted by Crippen LogP contribution is 2.40. The lowest BCUT2D eigenvalue weighted by molar-refractivity contribution is -0.293. The van der Waals surface area contributed by atoms with Crippen molar-refractivity contribution in [3.8, 4) is 6.01 Å². The van der Waals surface area contributed by atoms with E-state index in [-0.39, 0.29) is 18.2 Å². The number of likely N-dealkylation sites (tertiary alicyclic amines) is 1. The molecule has 30 heavy (non-hydrogen) atoms. The monoisotopic (exact) mass is 422 g/mol. The predicted octanol–water partition coefficient (Wildman–Crippen LogP) is 2.62. The number of morpholine rings is 1. The topological polar surface area (TPSA) is 67.8 Å². The number of hydrogen-bond donors (Lipinski definition) is 0. The summed E-state index contributed by atoms with van der Waals surface area (Å²) in [7, 11) is 1.49. The zero-order chi connectivity index (χ0) is 21.4. The van der Waals surface area contributed by atoms with Gasteiger partial charge in [0.15, 0.2) is 0 Å². The Morgan fingerprint density at radius 1 is 1.13 bits per heavy atom. The Balaban J connectivity index is 1.46. The minimum absolute atomic E-state index is 0.00740. The molecular formula is C20H21F3N4O3. The SMILES string of the molecule is COc1ncc(CN2CCC3(CC2)CN(c2ccc(F)cc2)C(=O)C(F)(F)O3)cn1. The van der Waals surface area contributed by atoms with E-state index in [0.717, 1.165) is 22.6 Å². The maximum Gasteiger partial charge on any atom is 0.437 e. The predicted molar refractivity (Wildman–Crippen MR) is 101 cm³/mol. The van der Waals surface area contributed by atoms with Gasteiger partial charge in [0.25, 0.3) is 0 Å². The van der Waals surface area contributed by atoms with Crippen molar-refractivity contribution in [2.45, 2.75) is 31.1 Å². The zero-order valence-electron chi connectivity index (χ0n) is 16.4. The van der Waals surface area contributed by atoms with E-state index in [2.05, 4.69) is 14.9 Å². The Hall–Kier alpha value is -2.72. The van der Waals surface area contributed by atoms with E-state index in [1.165, 1.54) is 19.2 Å². The van der Waals surface area contributed by atoms with Crippen molar-refractivity contribution in [2.75, 3.05) is 31.6 Å². The molecule has 160 valence electrons. The first-order valence-corrected chi connectivity index (χ1v) is 9.53. The Labute approximate surface area is 171 Å². The van der Waals surface area contributed by atoms with Crippen LogP contribution in [0.4, 0.5) is 18.9 Å². The van der Waals surface area contributed by atoms with E-state index in [9.17, 15) is 18.0 Å². The molecule has 1 amide bonds. The first-order chi connectivity index (χ1) is 14.3. The number of nitrogens with zero attached hydrogens (tertiary/aromatic N) is 4. The van der Waals surface area contributed by atoms with Gasteiger partial charge in [-0.3, -0.25) is 9.69 Å². The van der Waals surface area contributed by atoms with Gasteiger partial charge in [0, 0.05) is 43.3 Å². The van der Waals surface area contributed by atoms with Crippen LogP contribution in [0.3, 0.4) is 0 Å². The molecule has 1 aromatic heterocycles. The molecular weight excluding hydrogens is 401 g/mol. The van der Waals surface area contributed by atoms with Crippen molar-refractivity contribution >= 4 is 11.6 Å². The smallest absolute Gasteiger partial charge is 0.437 e. The number of anilines is 1. The highest BCUT2D eigenvalue weighted by Gasteiger charge is 2.57. The van der Waals surface area contributed by atoms with Crippen molar-refractivity contribution < 1.29 is 27.4 Å². The summed E-state index contributed by atoms with van der Waals surface area (Å²) in [6, 6.07) is 5.20. The lowest BCUT2D eigenvalue weighted by atomic mass is 9.88. The van der Waals surface area contributed by atoms with Crippen molar-refractivity contribution in [3.05, 3.63) is 48.0 Å². The molecule has 0 unspecified atom stereocenters. The minimum Gasteiger partial charge on any atom is -0.467 e. The number of ether oxygens (including phenoxy) is 2. The number of methoxy groups -OCH3 is 1. The molecule has 0 N–H and O–H groups in total. The van der Waals surface area contributed by atoms with Crippen LogP contribution in [0.2, 0.25) is 0 Å². The number of carbonyl (C=O) groups is 1. The number of alkyl halides is 2. The average Bonchev–Trinajstić information content (AvgIpc) is 2.74. The lowest BCUT2D eigenvalue weighted by Crippen LogP contribution is -2.64. The molecule has 2 fully saturated rings. The second-order valence-electron chi connectivity index (χ2n) is 7.52. The third-order valence-corrected chi connectivity index (χ3v) is 5.46. The van der Waals surface area contributed by atoms with Crippen LogP contribution < -0.4 is 9.64 Å². The van der Waals surface area contributed by atoms with Crippen LogP contribution in [0, 0.1) is 5.82 Å². The van der Waals surface area contributed by atoms with Gasteiger partial charge in [-0.25, -0.2) is 14.4 Å². The van der Waals surface area contributed by atoms with Crippen molar-refractivity contribution in [1.82, 2.24) is 14.9 Å². The molecule has 2 saturated heterocycles. The first kappa shape index (κ1) is 20.5. The molecule has 10 heteroatoms. The van der Waals surface area contributed by atoms with Crippen LogP contribution in [-0.4, -0.2) is 59.2 Å². The summed E-state index contributed by atoms with van der Waals surface area (Å²) >= 11 is 0. The summed E-state index contributed by atoms with van der Waals surface area (Å²) in [4.78, 5) is 23.5. The number of benzene rings is 1. The Bertz CT molecular complexity index is 901. The summed E-state index contributed by atoms with van der Waals surface area (Å²) in [5.74, 6) is -1.94. The highest BCUT2D eigenvalue weighted by molar-refractivity contribution is 5.98. The first-order valence-electron chi connectivity index (χ1n) is 9.53. The van der Waals surface area contributed by atoms with Crippen LogP contribution in [-0.2, 0) is 16.1 Å². The third-order valence-electron chi connectivity index (χ3n) is 5.46. The van der Waals surface area contributed by atoms with Crippen LogP contribution >= 0.6 is 0 Å². The number of aromatic nitrogens is 2. The maximum atomic E-state index is 14.4. The number of rotatable bonds is 4. The van der Waals surface area contributed by atoms with E-state index in [1.807, 2.05) is 0 Å². The van der Waals surface area contributed by atoms with Crippen molar-refractivity contribution in [1.29, 1.82) is 0 Å². The second kappa shape index (κ2) is 7.84. The third kappa shape index (κ3) is 4.10. The average molecular weight is 422 g/mol. The normalized spacial score (nSPS) is 21.1. The highest BCUT2D eigenvalue weighted by atomic mass is 19.3. The summed E-state index contributed by atoms with van der Waals surface area (Å²) in [5, 5.41) is 0. The molecule has 1 spiro atoms. The second-order valence-corrected chi connectivity index (χ2v) is 7.52. The van der Waals surface area contributed by atoms with Crippen molar-refractivity contribution in [2.24, 2.45) is 0 Å². The zero-order valence-corrected chi connectivity index (χ0v) is 16.4.